The van der Waals surface area contributed by atoms with Crippen molar-refractivity contribution in [3.63, 3.8) is 0 Å². The van der Waals surface area contributed by atoms with Gasteiger partial charge in [0.05, 0.1) is 23.8 Å². The van der Waals surface area contributed by atoms with Crippen LogP contribution in [0.1, 0.15) is 19.8 Å². The molecule has 0 radical (unpaired) electrons. The minimum Gasteiger partial charge on any atom is -0.508 e. The average Bonchev–Trinajstić information content (AvgIpc) is 3.23. The van der Waals surface area contributed by atoms with Gasteiger partial charge in [0.2, 0.25) is 0 Å². The summed E-state index contributed by atoms with van der Waals surface area (Å²) < 4.78 is 7.87. The van der Waals surface area contributed by atoms with Crippen LogP contribution in [0.2, 0.25) is 0 Å². The molecule has 0 aliphatic carbocycles. The number of benzene rings is 1. The summed E-state index contributed by atoms with van der Waals surface area (Å²) in [6, 6.07) is 7.07. The number of fused-ring (bicyclic) bond motifs is 3. The Morgan fingerprint density at radius 3 is 2.73 bits per heavy atom. The van der Waals surface area contributed by atoms with Gasteiger partial charge in [0, 0.05) is 25.2 Å². The van der Waals surface area contributed by atoms with Crippen molar-refractivity contribution in [1.29, 1.82) is 0 Å². The van der Waals surface area contributed by atoms with Gasteiger partial charge in [-0.3, -0.25) is 0 Å². The molecule has 2 atom stereocenters. The lowest BCUT2D eigenvalue weighted by molar-refractivity contribution is 0.0303. The minimum atomic E-state index is 0.209. The van der Waals surface area contributed by atoms with Crippen molar-refractivity contribution in [2.45, 2.75) is 38.5 Å². The number of aryl methyl sites for hydroxylation is 1. The van der Waals surface area contributed by atoms with Crippen molar-refractivity contribution < 1.29 is 9.84 Å². The summed E-state index contributed by atoms with van der Waals surface area (Å²) in [7, 11) is 0. The molecule has 3 aromatic rings. The Balaban J connectivity index is 1.67. The zero-order valence-electron chi connectivity index (χ0n) is 14.7. The largest absolute Gasteiger partial charge is 0.508 e. The van der Waals surface area contributed by atoms with Crippen molar-refractivity contribution in [3.05, 3.63) is 30.5 Å². The van der Waals surface area contributed by atoms with Crippen LogP contribution in [0, 0.1) is 0 Å². The second-order valence-electron chi connectivity index (χ2n) is 6.98. The number of hydrogen-bond acceptors (Lipinski definition) is 6. The third-order valence-corrected chi connectivity index (χ3v) is 5.22. The SMILES string of the molecule is CCn1ncc2c(N3CC4CCC(C3)O4)nc(-c3cccc(O)c3)nc21. The molecule has 2 aliphatic rings. The lowest BCUT2D eigenvalue weighted by Gasteiger charge is -2.33. The lowest BCUT2D eigenvalue weighted by atomic mass is 10.2. The molecule has 0 spiro atoms. The summed E-state index contributed by atoms with van der Waals surface area (Å²) in [6.07, 6.45) is 4.65. The number of rotatable bonds is 3. The quantitative estimate of drug-likeness (QED) is 0.782. The van der Waals surface area contributed by atoms with Crippen LogP contribution in [0.15, 0.2) is 30.5 Å². The molecule has 0 saturated carbocycles. The molecule has 5 rings (SSSR count). The van der Waals surface area contributed by atoms with Crippen molar-refractivity contribution in [3.8, 4) is 17.1 Å². The maximum atomic E-state index is 9.84. The maximum absolute atomic E-state index is 9.84. The van der Waals surface area contributed by atoms with E-state index in [1.165, 1.54) is 0 Å². The van der Waals surface area contributed by atoms with Gasteiger partial charge in [-0.15, -0.1) is 0 Å². The van der Waals surface area contributed by atoms with Crippen LogP contribution in [0.5, 0.6) is 5.75 Å². The molecule has 1 aromatic carbocycles. The monoisotopic (exact) mass is 351 g/mol. The van der Waals surface area contributed by atoms with E-state index in [1.54, 1.807) is 12.1 Å². The predicted octanol–water partition coefficient (Wildman–Crippen LogP) is 2.59. The highest BCUT2D eigenvalue weighted by molar-refractivity contribution is 5.89. The van der Waals surface area contributed by atoms with Crippen LogP contribution in [0.25, 0.3) is 22.4 Å². The molecule has 134 valence electrons. The van der Waals surface area contributed by atoms with Gasteiger partial charge in [0.1, 0.15) is 11.6 Å². The first-order valence-corrected chi connectivity index (χ1v) is 9.14. The molecular formula is C19H21N5O2. The van der Waals surface area contributed by atoms with E-state index in [0.717, 1.165) is 54.9 Å². The Morgan fingerprint density at radius 2 is 2.00 bits per heavy atom. The molecule has 2 unspecified atom stereocenters. The van der Waals surface area contributed by atoms with E-state index < -0.39 is 0 Å². The standard InChI is InChI=1S/C19H21N5O2/c1-2-24-19-16(9-20-24)18(23-10-14-6-7-15(11-23)26-14)21-17(22-19)12-4-3-5-13(25)8-12/h3-5,8-9,14-15,25H,2,6-7,10-11H2,1H3. The van der Waals surface area contributed by atoms with E-state index in [2.05, 4.69) is 16.9 Å². The fraction of sp³-hybridized carbons (Fsp3) is 0.421. The van der Waals surface area contributed by atoms with Crippen LogP contribution >= 0.6 is 0 Å². The van der Waals surface area contributed by atoms with E-state index in [4.69, 9.17) is 14.7 Å². The normalized spacial score (nSPS) is 22.3. The third-order valence-electron chi connectivity index (χ3n) is 5.22. The molecule has 2 aromatic heterocycles. The minimum absolute atomic E-state index is 0.209. The van der Waals surface area contributed by atoms with Crippen LogP contribution in [-0.2, 0) is 11.3 Å². The van der Waals surface area contributed by atoms with Gasteiger partial charge in [-0.25, -0.2) is 14.6 Å². The molecule has 7 nitrogen and oxygen atoms in total. The Bertz CT molecular complexity index is 958. The van der Waals surface area contributed by atoms with Crippen LogP contribution in [-0.4, -0.2) is 50.2 Å². The topological polar surface area (TPSA) is 76.3 Å². The molecule has 1 N–H and O–H groups in total. The summed E-state index contributed by atoms with van der Waals surface area (Å²) in [5.74, 6) is 1.73. The second-order valence-corrected chi connectivity index (χ2v) is 6.98. The lowest BCUT2D eigenvalue weighted by Crippen LogP contribution is -2.43. The molecule has 2 saturated heterocycles. The van der Waals surface area contributed by atoms with Gasteiger partial charge >= 0.3 is 0 Å². The average molecular weight is 351 g/mol. The number of aromatic hydroxyl groups is 1. The second kappa shape index (κ2) is 5.95. The highest BCUT2D eigenvalue weighted by Crippen LogP contribution is 2.33. The summed E-state index contributed by atoms with van der Waals surface area (Å²) in [6.45, 7) is 4.49. The number of ether oxygens (including phenoxy) is 1. The van der Waals surface area contributed by atoms with E-state index in [1.807, 2.05) is 23.0 Å². The van der Waals surface area contributed by atoms with Gasteiger partial charge in [0.25, 0.3) is 0 Å². The van der Waals surface area contributed by atoms with Crippen LogP contribution < -0.4 is 4.90 Å². The molecule has 4 heterocycles. The Labute approximate surface area is 151 Å². The molecule has 26 heavy (non-hydrogen) atoms. The van der Waals surface area contributed by atoms with Crippen molar-refractivity contribution in [1.82, 2.24) is 19.7 Å². The highest BCUT2D eigenvalue weighted by atomic mass is 16.5. The number of anilines is 1. The number of phenolic OH excluding ortho intramolecular Hbond substituents is 1. The van der Waals surface area contributed by atoms with E-state index in [-0.39, 0.29) is 18.0 Å². The van der Waals surface area contributed by atoms with Gasteiger partial charge in [-0.2, -0.15) is 5.10 Å². The van der Waals surface area contributed by atoms with Gasteiger partial charge in [0.15, 0.2) is 11.5 Å². The first-order chi connectivity index (χ1) is 12.7. The first-order valence-electron chi connectivity index (χ1n) is 9.14. The number of morpholine rings is 1. The van der Waals surface area contributed by atoms with E-state index in [9.17, 15) is 5.11 Å². The number of phenols is 1. The smallest absolute Gasteiger partial charge is 0.164 e. The van der Waals surface area contributed by atoms with E-state index >= 15 is 0 Å². The number of nitrogens with zero attached hydrogens (tertiary/aromatic N) is 5. The fourth-order valence-electron chi connectivity index (χ4n) is 3.97. The van der Waals surface area contributed by atoms with Gasteiger partial charge < -0.3 is 14.7 Å². The van der Waals surface area contributed by atoms with E-state index in [0.29, 0.717) is 5.82 Å². The van der Waals surface area contributed by atoms with Crippen molar-refractivity contribution in [2.24, 2.45) is 0 Å². The third kappa shape index (κ3) is 2.50. The molecule has 2 bridgehead atoms. The molecule has 7 heteroatoms. The Morgan fingerprint density at radius 1 is 1.19 bits per heavy atom. The molecule has 0 amide bonds. The van der Waals surface area contributed by atoms with Crippen molar-refractivity contribution in [2.75, 3.05) is 18.0 Å². The predicted molar refractivity (Wildman–Crippen MR) is 98.2 cm³/mol. The summed E-state index contributed by atoms with van der Waals surface area (Å²) in [5.41, 5.74) is 1.63. The summed E-state index contributed by atoms with van der Waals surface area (Å²) in [5, 5.41) is 15.3. The summed E-state index contributed by atoms with van der Waals surface area (Å²) >= 11 is 0. The van der Waals surface area contributed by atoms with Crippen LogP contribution in [0.4, 0.5) is 5.82 Å². The van der Waals surface area contributed by atoms with Gasteiger partial charge in [-0.1, -0.05) is 12.1 Å². The molecule has 2 fully saturated rings. The fourth-order valence-corrected chi connectivity index (χ4v) is 3.97. The molecule has 2 aliphatic heterocycles. The molecular weight excluding hydrogens is 330 g/mol. The van der Waals surface area contributed by atoms with Crippen molar-refractivity contribution >= 4 is 16.9 Å². The van der Waals surface area contributed by atoms with Gasteiger partial charge in [-0.05, 0) is 31.9 Å². The first kappa shape index (κ1) is 15.6. The number of hydrogen-bond donors (Lipinski definition) is 1. The maximum Gasteiger partial charge on any atom is 0.164 e. The highest BCUT2D eigenvalue weighted by Gasteiger charge is 2.35. The zero-order chi connectivity index (χ0) is 17.7. The zero-order valence-corrected chi connectivity index (χ0v) is 14.7. The Kier molecular flexibility index (Phi) is 3.56. The Hall–Kier alpha value is -2.67. The number of aromatic nitrogens is 4. The summed E-state index contributed by atoms with van der Waals surface area (Å²) in [4.78, 5) is 11.9. The van der Waals surface area contributed by atoms with Crippen LogP contribution in [0.3, 0.4) is 0 Å².